The minimum absolute atomic E-state index is 0.0170. The largest absolute Gasteiger partial charge is 0.497 e. The number of aromatic nitrogens is 3. The van der Waals surface area contributed by atoms with E-state index in [4.69, 9.17) is 16.3 Å². The summed E-state index contributed by atoms with van der Waals surface area (Å²) in [5, 5.41) is 11.3. The number of ether oxygens (including phenoxy) is 1. The maximum absolute atomic E-state index is 12.9. The van der Waals surface area contributed by atoms with Gasteiger partial charge in [-0.3, -0.25) is 4.79 Å². The van der Waals surface area contributed by atoms with Crippen molar-refractivity contribution >= 4 is 35.0 Å². The lowest BCUT2D eigenvalue weighted by molar-refractivity contribution is -0.137. The van der Waals surface area contributed by atoms with E-state index in [0.717, 1.165) is 35.5 Å². The van der Waals surface area contributed by atoms with Gasteiger partial charge in [0.1, 0.15) is 5.75 Å². The van der Waals surface area contributed by atoms with Crippen LogP contribution in [0.4, 0.5) is 18.9 Å². The Hall–Kier alpha value is -2.72. The van der Waals surface area contributed by atoms with Crippen molar-refractivity contribution in [3.8, 4) is 17.1 Å². The number of nitrogens with zero attached hydrogens (tertiary/aromatic N) is 3. The number of thioether (sulfide) groups is 1. The highest BCUT2D eigenvalue weighted by molar-refractivity contribution is 7.99. The van der Waals surface area contributed by atoms with Crippen LogP contribution in [-0.2, 0) is 17.5 Å². The second kappa shape index (κ2) is 9.61. The van der Waals surface area contributed by atoms with E-state index in [1.807, 2.05) is 35.8 Å². The SMILES string of the molecule is CCn1c(SCC(=O)Nc2cc(C(F)(F)F)ccc2Cl)nnc1-c1cccc(OC)c1. The Morgan fingerprint density at radius 2 is 2.00 bits per heavy atom. The Morgan fingerprint density at radius 1 is 1.23 bits per heavy atom. The van der Waals surface area contributed by atoms with Crippen LogP contribution in [0.25, 0.3) is 11.4 Å². The molecule has 0 aliphatic rings. The molecule has 31 heavy (non-hydrogen) atoms. The molecular formula is C20H18ClF3N4O2S. The maximum Gasteiger partial charge on any atom is 0.416 e. The molecule has 2 aromatic carbocycles. The molecule has 1 N–H and O–H groups in total. The summed E-state index contributed by atoms with van der Waals surface area (Å²) in [5.74, 6) is 0.697. The van der Waals surface area contributed by atoms with Gasteiger partial charge in [0.05, 0.1) is 29.1 Å². The second-order valence-electron chi connectivity index (χ2n) is 6.31. The number of carbonyl (C=O) groups excluding carboxylic acids is 1. The number of amides is 1. The maximum atomic E-state index is 12.9. The van der Waals surface area contributed by atoms with Crippen LogP contribution in [0.2, 0.25) is 5.02 Å². The predicted octanol–water partition coefficient (Wildman–Crippen LogP) is 5.38. The number of hydrogen-bond acceptors (Lipinski definition) is 5. The van der Waals surface area contributed by atoms with Gasteiger partial charge >= 0.3 is 6.18 Å². The van der Waals surface area contributed by atoms with Crippen LogP contribution in [0.15, 0.2) is 47.6 Å². The third-order valence-electron chi connectivity index (χ3n) is 4.26. The quantitative estimate of drug-likeness (QED) is 0.470. The minimum atomic E-state index is -4.53. The van der Waals surface area contributed by atoms with E-state index < -0.39 is 17.6 Å². The zero-order valence-corrected chi connectivity index (χ0v) is 18.1. The van der Waals surface area contributed by atoms with Crippen LogP contribution in [0.3, 0.4) is 0 Å². The van der Waals surface area contributed by atoms with E-state index in [1.165, 1.54) is 0 Å². The van der Waals surface area contributed by atoms with E-state index in [9.17, 15) is 18.0 Å². The highest BCUT2D eigenvalue weighted by atomic mass is 35.5. The number of benzene rings is 2. The molecule has 164 valence electrons. The molecule has 1 heterocycles. The number of carbonyl (C=O) groups is 1. The Labute approximate surface area is 185 Å². The van der Waals surface area contributed by atoms with Crippen molar-refractivity contribution in [2.24, 2.45) is 0 Å². The van der Waals surface area contributed by atoms with Gasteiger partial charge in [-0.15, -0.1) is 10.2 Å². The second-order valence-corrected chi connectivity index (χ2v) is 7.66. The molecule has 0 unspecified atom stereocenters. The summed E-state index contributed by atoms with van der Waals surface area (Å²) in [4.78, 5) is 12.3. The fraction of sp³-hybridized carbons (Fsp3) is 0.250. The monoisotopic (exact) mass is 470 g/mol. The lowest BCUT2D eigenvalue weighted by atomic mass is 10.2. The number of anilines is 1. The molecule has 1 aromatic heterocycles. The molecule has 1 amide bonds. The standard InChI is InChI=1S/C20H18ClF3N4O2S/c1-3-28-18(12-5-4-6-14(9-12)30-2)26-27-19(28)31-11-17(29)25-16-10-13(20(22,23)24)7-8-15(16)21/h4-10H,3,11H2,1-2H3,(H,25,29). The lowest BCUT2D eigenvalue weighted by Crippen LogP contribution is -2.16. The van der Waals surface area contributed by atoms with Gasteiger partial charge in [0, 0.05) is 12.1 Å². The summed E-state index contributed by atoms with van der Waals surface area (Å²) in [6.45, 7) is 2.47. The molecule has 6 nitrogen and oxygen atoms in total. The zero-order valence-electron chi connectivity index (χ0n) is 16.5. The van der Waals surface area contributed by atoms with E-state index in [0.29, 0.717) is 23.3 Å². The molecule has 3 aromatic rings. The summed E-state index contributed by atoms with van der Waals surface area (Å²) in [7, 11) is 1.57. The van der Waals surface area contributed by atoms with Crippen LogP contribution in [0.5, 0.6) is 5.75 Å². The third kappa shape index (κ3) is 5.50. The molecule has 0 saturated heterocycles. The Kier molecular flexibility index (Phi) is 7.11. The summed E-state index contributed by atoms with van der Waals surface area (Å²) < 4.78 is 45.8. The van der Waals surface area contributed by atoms with E-state index in [1.54, 1.807) is 7.11 Å². The van der Waals surface area contributed by atoms with Gasteiger partial charge in [0.15, 0.2) is 11.0 Å². The van der Waals surface area contributed by atoms with E-state index in [-0.39, 0.29) is 16.5 Å². The summed E-state index contributed by atoms with van der Waals surface area (Å²) in [6, 6.07) is 10.1. The first-order chi connectivity index (χ1) is 14.7. The molecular weight excluding hydrogens is 453 g/mol. The van der Waals surface area contributed by atoms with Crippen molar-refractivity contribution in [2.75, 3.05) is 18.2 Å². The van der Waals surface area contributed by atoms with Gasteiger partial charge in [0.25, 0.3) is 0 Å². The van der Waals surface area contributed by atoms with E-state index in [2.05, 4.69) is 15.5 Å². The summed E-state index contributed by atoms with van der Waals surface area (Å²) in [6.07, 6.45) is -4.53. The molecule has 0 bridgehead atoms. The number of methoxy groups -OCH3 is 1. The Morgan fingerprint density at radius 3 is 2.68 bits per heavy atom. The van der Waals surface area contributed by atoms with E-state index >= 15 is 0 Å². The van der Waals surface area contributed by atoms with Crippen molar-refractivity contribution < 1.29 is 22.7 Å². The molecule has 0 atom stereocenters. The Bertz CT molecular complexity index is 1090. The lowest BCUT2D eigenvalue weighted by Gasteiger charge is -2.12. The molecule has 0 spiro atoms. The van der Waals surface area contributed by atoms with Crippen LogP contribution < -0.4 is 10.1 Å². The smallest absolute Gasteiger partial charge is 0.416 e. The van der Waals surface area contributed by atoms with Crippen LogP contribution in [0, 0.1) is 0 Å². The average molecular weight is 471 g/mol. The highest BCUT2D eigenvalue weighted by Gasteiger charge is 2.31. The molecule has 0 radical (unpaired) electrons. The molecule has 0 aliphatic heterocycles. The van der Waals surface area contributed by atoms with Gasteiger partial charge in [-0.25, -0.2) is 0 Å². The first kappa shape index (κ1) is 23.0. The van der Waals surface area contributed by atoms with Crippen LogP contribution in [0.1, 0.15) is 12.5 Å². The number of hydrogen-bond donors (Lipinski definition) is 1. The van der Waals surface area contributed by atoms with Crippen LogP contribution >= 0.6 is 23.4 Å². The minimum Gasteiger partial charge on any atom is -0.497 e. The third-order valence-corrected chi connectivity index (χ3v) is 5.56. The number of nitrogens with one attached hydrogen (secondary N) is 1. The number of rotatable bonds is 7. The van der Waals surface area contributed by atoms with Crippen molar-refractivity contribution in [1.82, 2.24) is 14.8 Å². The normalized spacial score (nSPS) is 11.4. The zero-order chi connectivity index (χ0) is 22.6. The van der Waals surface area contributed by atoms with Crippen LogP contribution in [-0.4, -0.2) is 33.5 Å². The molecule has 0 aliphatic carbocycles. The summed E-state index contributed by atoms with van der Waals surface area (Å²) in [5.41, 5.74) is -0.189. The van der Waals surface area contributed by atoms with Gasteiger partial charge in [-0.1, -0.05) is 35.5 Å². The van der Waals surface area contributed by atoms with Crippen molar-refractivity contribution in [1.29, 1.82) is 0 Å². The van der Waals surface area contributed by atoms with Crippen molar-refractivity contribution in [3.63, 3.8) is 0 Å². The first-order valence-electron chi connectivity index (χ1n) is 9.10. The topological polar surface area (TPSA) is 69.0 Å². The average Bonchev–Trinajstić information content (AvgIpc) is 3.16. The predicted molar refractivity (Wildman–Crippen MR) is 113 cm³/mol. The fourth-order valence-corrected chi connectivity index (χ4v) is 3.74. The Balaban J connectivity index is 1.72. The van der Waals surface area contributed by atoms with Gasteiger partial charge in [-0.2, -0.15) is 13.2 Å². The van der Waals surface area contributed by atoms with Gasteiger partial charge in [0.2, 0.25) is 5.91 Å². The number of halogens is 4. The first-order valence-corrected chi connectivity index (χ1v) is 10.5. The number of alkyl halides is 3. The molecule has 11 heteroatoms. The van der Waals surface area contributed by atoms with Gasteiger partial charge in [-0.05, 0) is 37.3 Å². The molecule has 0 fully saturated rings. The fourth-order valence-electron chi connectivity index (χ4n) is 2.77. The van der Waals surface area contributed by atoms with Gasteiger partial charge < -0.3 is 14.6 Å². The summed E-state index contributed by atoms with van der Waals surface area (Å²) >= 11 is 7.05. The molecule has 3 rings (SSSR count). The van der Waals surface area contributed by atoms with Crippen molar-refractivity contribution in [2.45, 2.75) is 24.8 Å². The van der Waals surface area contributed by atoms with Crippen molar-refractivity contribution in [3.05, 3.63) is 53.1 Å². The highest BCUT2D eigenvalue weighted by Crippen LogP contribution is 2.34. The molecule has 0 saturated carbocycles.